The number of oxazole rings is 1. The van der Waals surface area contributed by atoms with Crippen LogP contribution in [-0.2, 0) is 0 Å². The fourth-order valence-corrected chi connectivity index (χ4v) is 1.94. The molecule has 0 aliphatic heterocycles. The van der Waals surface area contributed by atoms with Gasteiger partial charge in [0.2, 0.25) is 5.89 Å². The molecule has 0 spiro atoms. The highest BCUT2D eigenvalue weighted by atomic mass is 35.5. The van der Waals surface area contributed by atoms with E-state index in [0.717, 1.165) is 11.3 Å². The number of hydrogen-bond acceptors (Lipinski definition) is 4. The molecule has 3 rings (SSSR count). The van der Waals surface area contributed by atoms with E-state index in [1.165, 1.54) is 12.6 Å². The molecule has 6 heteroatoms. The van der Waals surface area contributed by atoms with Gasteiger partial charge in [-0.05, 0) is 18.2 Å². The van der Waals surface area contributed by atoms with Crippen LogP contribution < -0.4 is 0 Å². The van der Waals surface area contributed by atoms with Crippen molar-refractivity contribution in [1.29, 1.82) is 0 Å². The summed E-state index contributed by atoms with van der Waals surface area (Å²) in [6.07, 6.45) is 4.52. The minimum absolute atomic E-state index is 0.448. The monoisotopic (exact) mass is 291 g/mol. The van der Waals surface area contributed by atoms with Crippen molar-refractivity contribution in [3.8, 4) is 22.8 Å². The summed E-state index contributed by atoms with van der Waals surface area (Å²) in [5, 5.41) is 0.989. The molecule has 3 aromatic rings. The second kappa shape index (κ2) is 4.99. The first-order valence-electron chi connectivity index (χ1n) is 5.41. The van der Waals surface area contributed by atoms with Gasteiger partial charge >= 0.3 is 0 Å². The van der Waals surface area contributed by atoms with Gasteiger partial charge in [0, 0.05) is 5.56 Å². The highest BCUT2D eigenvalue weighted by Crippen LogP contribution is 2.28. The van der Waals surface area contributed by atoms with Crippen LogP contribution in [0.2, 0.25) is 10.0 Å². The molecule has 4 nitrogen and oxygen atoms in total. The molecule has 0 saturated carbocycles. The second-order valence-electron chi connectivity index (χ2n) is 3.75. The predicted octanol–water partition coefficient (Wildman–Crippen LogP) is 4.11. The minimum atomic E-state index is 0.448. The van der Waals surface area contributed by atoms with Crippen LogP contribution >= 0.6 is 23.2 Å². The summed E-state index contributed by atoms with van der Waals surface area (Å²) in [6.45, 7) is 0. The first-order chi connectivity index (χ1) is 9.24. The highest BCUT2D eigenvalue weighted by molar-refractivity contribution is 6.42. The van der Waals surface area contributed by atoms with Gasteiger partial charge < -0.3 is 4.42 Å². The minimum Gasteiger partial charge on any atom is -0.443 e. The van der Waals surface area contributed by atoms with Crippen LogP contribution in [0.3, 0.4) is 0 Å². The van der Waals surface area contributed by atoms with Crippen LogP contribution in [0.5, 0.6) is 0 Å². The maximum Gasteiger partial charge on any atom is 0.245 e. The lowest BCUT2D eigenvalue weighted by molar-refractivity contribution is 0.572. The van der Waals surface area contributed by atoms with Gasteiger partial charge in [0.1, 0.15) is 18.3 Å². The van der Waals surface area contributed by atoms with Crippen LogP contribution in [0.15, 0.2) is 47.5 Å². The third kappa shape index (κ3) is 2.45. The lowest BCUT2D eigenvalue weighted by Crippen LogP contribution is -1.89. The molecule has 2 heterocycles. The second-order valence-corrected chi connectivity index (χ2v) is 4.57. The molecule has 0 saturated heterocycles. The Bertz CT molecular complexity index is 714. The SMILES string of the molecule is Clc1ccc(-c2cc(-c3ncco3)ncn2)cc1Cl. The topological polar surface area (TPSA) is 51.8 Å². The number of aromatic nitrogens is 3. The summed E-state index contributed by atoms with van der Waals surface area (Å²) >= 11 is 11.9. The molecule has 0 aliphatic carbocycles. The van der Waals surface area contributed by atoms with Gasteiger partial charge in [0.25, 0.3) is 0 Å². The van der Waals surface area contributed by atoms with Crippen molar-refractivity contribution in [2.75, 3.05) is 0 Å². The smallest absolute Gasteiger partial charge is 0.245 e. The van der Waals surface area contributed by atoms with E-state index >= 15 is 0 Å². The Kier molecular flexibility index (Phi) is 3.19. The lowest BCUT2D eigenvalue weighted by atomic mass is 10.1. The van der Waals surface area contributed by atoms with Crippen LogP contribution in [0.4, 0.5) is 0 Å². The summed E-state index contributed by atoms with van der Waals surface area (Å²) in [7, 11) is 0. The molecular weight excluding hydrogens is 285 g/mol. The number of hydrogen-bond donors (Lipinski definition) is 0. The highest BCUT2D eigenvalue weighted by Gasteiger charge is 2.08. The van der Waals surface area contributed by atoms with Crippen molar-refractivity contribution in [2.45, 2.75) is 0 Å². The largest absolute Gasteiger partial charge is 0.443 e. The summed E-state index contributed by atoms with van der Waals surface area (Å²) in [5.41, 5.74) is 2.19. The van der Waals surface area contributed by atoms with Gasteiger partial charge in [-0.3, -0.25) is 0 Å². The first-order valence-corrected chi connectivity index (χ1v) is 6.17. The maximum absolute atomic E-state index is 6.00. The van der Waals surface area contributed by atoms with E-state index in [0.29, 0.717) is 21.6 Å². The molecule has 94 valence electrons. The molecule has 0 atom stereocenters. The Balaban J connectivity index is 2.06. The number of halogens is 2. The third-order valence-electron chi connectivity index (χ3n) is 2.53. The summed E-state index contributed by atoms with van der Waals surface area (Å²) in [5.74, 6) is 0.448. The average Bonchev–Trinajstić information content (AvgIpc) is 2.96. The Morgan fingerprint density at radius 2 is 1.74 bits per heavy atom. The fourth-order valence-electron chi connectivity index (χ4n) is 1.64. The summed E-state index contributed by atoms with van der Waals surface area (Å²) in [6, 6.07) is 7.11. The molecule has 0 amide bonds. The average molecular weight is 292 g/mol. The van der Waals surface area contributed by atoms with E-state index in [1.54, 1.807) is 24.4 Å². The first kappa shape index (κ1) is 12.1. The molecule has 0 radical (unpaired) electrons. The van der Waals surface area contributed by atoms with E-state index in [4.69, 9.17) is 27.6 Å². The van der Waals surface area contributed by atoms with Gasteiger partial charge in [-0.25, -0.2) is 15.0 Å². The van der Waals surface area contributed by atoms with Crippen molar-refractivity contribution in [2.24, 2.45) is 0 Å². The third-order valence-corrected chi connectivity index (χ3v) is 3.27. The zero-order valence-electron chi connectivity index (χ0n) is 9.55. The van der Waals surface area contributed by atoms with Crippen LogP contribution in [0, 0.1) is 0 Å². The Morgan fingerprint density at radius 3 is 2.47 bits per heavy atom. The van der Waals surface area contributed by atoms with Gasteiger partial charge in [0.15, 0.2) is 0 Å². The van der Waals surface area contributed by atoms with Gasteiger partial charge in [-0.15, -0.1) is 0 Å². The maximum atomic E-state index is 6.00. The van der Waals surface area contributed by atoms with E-state index in [9.17, 15) is 0 Å². The van der Waals surface area contributed by atoms with Gasteiger partial charge in [-0.2, -0.15) is 0 Å². The van der Waals surface area contributed by atoms with E-state index in [2.05, 4.69) is 15.0 Å². The Labute approximate surface area is 119 Å². The molecule has 19 heavy (non-hydrogen) atoms. The summed E-state index contributed by atoms with van der Waals surface area (Å²) in [4.78, 5) is 12.4. The van der Waals surface area contributed by atoms with E-state index in [-0.39, 0.29) is 0 Å². The predicted molar refractivity (Wildman–Crippen MR) is 73.0 cm³/mol. The van der Waals surface area contributed by atoms with Crippen molar-refractivity contribution in [3.63, 3.8) is 0 Å². The Morgan fingerprint density at radius 1 is 0.895 bits per heavy atom. The zero-order chi connectivity index (χ0) is 13.2. The van der Waals surface area contributed by atoms with E-state index in [1.807, 2.05) is 6.07 Å². The number of nitrogens with zero attached hydrogens (tertiary/aromatic N) is 3. The van der Waals surface area contributed by atoms with Crippen LogP contribution in [0.25, 0.3) is 22.8 Å². The standard InChI is InChI=1S/C13H7Cl2N3O/c14-9-2-1-8(5-10(9)15)11-6-12(18-7-17-11)13-16-3-4-19-13/h1-7H. The Hall–Kier alpha value is -1.91. The normalized spacial score (nSPS) is 10.6. The number of benzene rings is 1. The molecule has 1 aromatic carbocycles. The van der Waals surface area contributed by atoms with E-state index < -0.39 is 0 Å². The van der Waals surface area contributed by atoms with Crippen LogP contribution in [0.1, 0.15) is 0 Å². The quantitative estimate of drug-likeness (QED) is 0.713. The molecule has 2 aromatic heterocycles. The van der Waals surface area contributed by atoms with Crippen molar-refractivity contribution in [3.05, 3.63) is 53.1 Å². The molecule has 0 unspecified atom stereocenters. The zero-order valence-corrected chi connectivity index (χ0v) is 11.1. The molecule has 0 bridgehead atoms. The van der Waals surface area contributed by atoms with Crippen molar-refractivity contribution in [1.82, 2.24) is 15.0 Å². The van der Waals surface area contributed by atoms with Gasteiger partial charge in [0.05, 0.1) is 21.9 Å². The van der Waals surface area contributed by atoms with Crippen LogP contribution in [-0.4, -0.2) is 15.0 Å². The fraction of sp³-hybridized carbons (Fsp3) is 0. The molecule has 0 N–H and O–H groups in total. The van der Waals surface area contributed by atoms with Crippen molar-refractivity contribution >= 4 is 23.2 Å². The molecule has 0 aliphatic rings. The molecular formula is C13H7Cl2N3O. The van der Waals surface area contributed by atoms with Gasteiger partial charge in [-0.1, -0.05) is 29.3 Å². The molecule has 0 fully saturated rings. The lowest BCUT2D eigenvalue weighted by Gasteiger charge is -2.03. The number of rotatable bonds is 2. The summed E-state index contributed by atoms with van der Waals surface area (Å²) < 4.78 is 5.20. The van der Waals surface area contributed by atoms with Crippen molar-refractivity contribution < 1.29 is 4.42 Å².